The fraction of sp³-hybridized carbons (Fsp3) is 0.400. The summed E-state index contributed by atoms with van der Waals surface area (Å²) in [6, 6.07) is 11.6. The van der Waals surface area contributed by atoms with Crippen LogP contribution in [0.5, 0.6) is 5.75 Å². The van der Waals surface area contributed by atoms with Gasteiger partial charge in [0, 0.05) is 11.8 Å². The van der Waals surface area contributed by atoms with Crippen LogP contribution in [-0.4, -0.2) is 21.7 Å². The minimum absolute atomic E-state index is 0.0743. The Morgan fingerprint density at radius 3 is 1.97 bits per heavy atom. The highest BCUT2D eigenvalue weighted by Gasteiger charge is 2.26. The molecule has 0 fully saturated rings. The Labute approximate surface area is 181 Å². The highest BCUT2D eigenvalue weighted by atomic mass is 32.2. The second-order valence-corrected chi connectivity index (χ2v) is 9.89. The lowest BCUT2D eigenvalue weighted by molar-refractivity contribution is 0.414. The predicted octanol–water partition coefficient (Wildman–Crippen LogP) is 6.54. The molecule has 162 valence electrons. The van der Waals surface area contributed by atoms with Crippen molar-refractivity contribution in [3.8, 4) is 5.75 Å². The van der Waals surface area contributed by atoms with Crippen LogP contribution in [0.3, 0.4) is 0 Å². The van der Waals surface area contributed by atoms with Crippen LogP contribution in [0.4, 0.5) is 0 Å². The van der Waals surface area contributed by atoms with Gasteiger partial charge in [-0.1, -0.05) is 71.9 Å². The van der Waals surface area contributed by atoms with Crippen molar-refractivity contribution >= 4 is 22.3 Å². The summed E-state index contributed by atoms with van der Waals surface area (Å²) in [7, 11) is -2.23. The summed E-state index contributed by atoms with van der Waals surface area (Å²) in [4.78, 5) is 0.346. The van der Waals surface area contributed by atoms with Crippen LogP contribution < -0.4 is 4.74 Å². The summed E-state index contributed by atoms with van der Waals surface area (Å²) in [5.74, 6) is 1.19. The number of rotatable bonds is 8. The lowest BCUT2D eigenvalue weighted by atomic mass is 9.89. The van der Waals surface area contributed by atoms with Gasteiger partial charge < -0.3 is 4.74 Å². The largest absolute Gasteiger partial charge is 0.496 e. The monoisotopic (exact) mass is 427 g/mol. The molecule has 0 N–H and O–H groups in total. The number of hydrogen-bond acceptors (Lipinski definition) is 3. The van der Waals surface area contributed by atoms with Crippen LogP contribution in [-0.2, 0) is 10.0 Å². The fourth-order valence-electron chi connectivity index (χ4n) is 3.31. The van der Waals surface area contributed by atoms with Crippen molar-refractivity contribution in [3.05, 3.63) is 64.7 Å². The number of sulfonamides is 1. The first kappa shape index (κ1) is 23.9. The molecule has 0 spiro atoms. The summed E-state index contributed by atoms with van der Waals surface area (Å²) in [6.07, 6.45) is 4.75. The minimum Gasteiger partial charge on any atom is -0.496 e. The van der Waals surface area contributed by atoms with Crippen molar-refractivity contribution < 1.29 is 13.2 Å². The molecule has 0 atom stereocenters. The van der Waals surface area contributed by atoms with Gasteiger partial charge in [-0.25, -0.2) is 0 Å². The molecule has 30 heavy (non-hydrogen) atoms. The zero-order valence-corrected chi connectivity index (χ0v) is 19.8. The Balaban J connectivity index is 2.50. The zero-order chi connectivity index (χ0) is 22.5. The van der Waals surface area contributed by atoms with Crippen LogP contribution in [0.2, 0.25) is 0 Å². The Kier molecular flexibility index (Phi) is 8.02. The van der Waals surface area contributed by atoms with E-state index in [9.17, 15) is 8.42 Å². The van der Waals surface area contributed by atoms with Gasteiger partial charge in [-0.05, 0) is 52.7 Å². The molecule has 5 heteroatoms. The molecule has 2 aromatic rings. The molecule has 2 rings (SSSR count). The lowest BCUT2D eigenvalue weighted by Gasteiger charge is -2.21. The molecule has 0 saturated carbocycles. The number of nitrogens with zero attached hydrogens (tertiary/aromatic N) is 1. The third-order valence-corrected chi connectivity index (χ3v) is 6.42. The summed E-state index contributed by atoms with van der Waals surface area (Å²) < 4.78 is 35.8. The predicted molar refractivity (Wildman–Crippen MR) is 126 cm³/mol. The van der Waals surface area contributed by atoms with E-state index in [0.717, 1.165) is 28.0 Å². The molecule has 0 aliphatic carbocycles. The summed E-state index contributed by atoms with van der Waals surface area (Å²) in [5, 5.41) is 0. The molecule has 0 saturated heterocycles. The first-order valence-corrected chi connectivity index (χ1v) is 11.8. The highest BCUT2D eigenvalue weighted by Crippen LogP contribution is 2.35. The van der Waals surface area contributed by atoms with E-state index >= 15 is 0 Å². The van der Waals surface area contributed by atoms with E-state index in [1.807, 2.05) is 64.1 Å². The van der Waals surface area contributed by atoms with Crippen LogP contribution in [0.25, 0.3) is 6.08 Å². The van der Waals surface area contributed by atoms with Crippen molar-refractivity contribution in [2.75, 3.05) is 7.11 Å². The van der Waals surface area contributed by atoms with Gasteiger partial charge in [0.2, 0.25) is 0 Å². The average molecular weight is 428 g/mol. The van der Waals surface area contributed by atoms with Crippen LogP contribution in [0.15, 0.2) is 51.8 Å². The maximum Gasteiger partial charge on any atom is 0.282 e. The molecule has 0 radical (unpaired) electrons. The Morgan fingerprint density at radius 1 is 0.900 bits per heavy atom. The normalized spacial score (nSPS) is 12.7. The molecular weight excluding hydrogens is 394 g/mol. The summed E-state index contributed by atoms with van der Waals surface area (Å²) in [6.45, 7) is 12.3. The third-order valence-electron chi connectivity index (χ3n) is 5.04. The lowest BCUT2D eigenvalue weighted by Crippen LogP contribution is -2.11. The maximum absolute atomic E-state index is 13.2. The van der Waals surface area contributed by atoms with Crippen LogP contribution in [0.1, 0.15) is 81.5 Å². The highest BCUT2D eigenvalue weighted by molar-refractivity contribution is 7.90. The topological polar surface area (TPSA) is 55.7 Å². The molecule has 0 bridgehead atoms. The molecule has 4 nitrogen and oxygen atoms in total. The molecule has 2 aromatic carbocycles. The number of hydrogen-bond donors (Lipinski definition) is 0. The Morgan fingerprint density at radius 2 is 1.47 bits per heavy atom. The zero-order valence-electron chi connectivity index (χ0n) is 19.0. The molecule has 0 amide bonds. The van der Waals surface area contributed by atoms with Crippen LogP contribution in [0, 0.1) is 0 Å². The van der Waals surface area contributed by atoms with Crippen molar-refractivity contribution in [2.45, 2.75) is 64.2 Å². The second kappa shape index (κ2) is 10.1. The van der Waals surface area contributed by atoms with Gasteiger partial charge in [0.25, 0.3) is 10.0 Å². The Bertz CT molecular complexity index is 1000. The molecule has 0 unspecified atom stereocenters. The van der Waals surface area contributed by atoms with Gasteiger partial charge in [0.15, 0.2) is 0 Å². The molecule has 0 aromatic heterocycles. The van der Waals surface area contributed by atoms with E-state index in [2.05, 4.69) is 18.2 Å². The van der Waals surface area contributed by atoms with Crippen molar-refractivity contribution in [2.24, 2.45) is 4.40 Å². The van der Waals surface area contributed by atoms with Gasteiger partial charge in [0.05, 0.1) is 12.0 Å². The third kappa shape index (κ3) is 5.60. The average Bonchev–Trinajstić information content (AvgIpc) is 2.70. The van der Waals surface area contributed by atoms with Crippen LogP contribution >= 0.6 is 0 Å². The van der Waals surface area contributed by atoms with E-state index < -0.39 is 10.0 Å². The van der Waals surface area contributed by atoms with Crippen molar-refractivity contribution in [1.29, 1.82) is 0 Å². The van der Waals surface area contributed by atoms with Gasteiger partial charge in [-0.2, -0.15) is 12.8 Å². The maximum atomic E-state index is 13.2. The molecule has 0 aliphatic rings. The number of methoxy groups -OCH3 is 1. The van der Waals surface area contributed by atoms with E-state index in [0.29, 0.717) is 10.8 Å². The standard InChI is InChI=1S/C25H33NO3S/c1-17(2)21-15-22(18(3)4)25(23(16-21)19(5)6)30(27,28)26-14-10-12-20-11-8-9-13-24(20)29-7/h8-19H,1-7H3/b12-10+,26-14+. The van der Waals surface area contributed by atoms with E-state index in [4.69, 9.17) is 4.74 Å². The number of ether oxygens (including phenoxy) is 1. The van der Waals surface area contributed by atoms with Gasteiger partial charge >= 0.3 is 0 Å². The van der Waals surface area contributed by atoms with E-state index in [1.54, 1.807) is 19.3 Å². The SMILES string of the molecule is COc1ccccc1/C=C/C=N/S(=O)(=O)c1c(C(C)C)cc(C(C)C)cc1C(C)C. The van der Waals surface area contributed by atoms with Gasteiger partial charge in [-0.3, -0.25) is 0 Å². The minimum atomic E-state index is -3.84. The Hall–Kier alpha value is -2.40. The number of allylic oxidation sites excluding steroid dienone is 1. The molecule has 0 aliphatic heterocycles. The van der Waals surface area contributed by atoms with Gasteiger partial charge in [0.1, 0.15) is 5.75 Å². The van der Waals surface area contributed by atoms with Gasteiger partial charge in [-0.15, -0.1) is 0 Å². The van der Waals surface area contributed by atoms with E-state index in [1.165, 1.54) is 6.21 Å². The second-order valence-electron chi connectivity index (χ2n) is 8.32. The molecule has 0 heterocycles. The van der Waals surface area contributed by atoms with Crippen molar-refractivity contribution in [3.63, 3.8) is 0 Å². The smallest absolute Gasteiger partial charge is 0.282 e. The summed E-state index contributed by atoms with van der Waals surface area (Å²) in [5.41, 5.74) is 3.67. The summed E-state index contributed by atoms with van der Waals surface area (Å²) >= 11 is 0. The molecular formula is C25H33NO3S. The van der Waals surface area contributed by atoms with E-state index in [-0.39, 0.29) is 11.8 Å². The quantitative estimate of drug-likeness (QED) is 0.450. The van der Waals surface area contributed by atoms with Crippen molar-refractivity contribution in [1.82, 2.24) is 0 Å². The first-order chi connectivity index (χ1) is 14.1. The fourth-order valence-corrected chi connectivity index (χ4v) is 4.83. The first-order valence-electron chi connectivity index (χ1n) is 10.4. The number of para-hydroxylation sites is 1. The number of benzene rings is 2.